The van der Waals surface area contributed by atoms with Crippen LogP contribution in [0.3, 0.4) is 0 Å². The summed E-state index contributed by atoms with van der Waals surface area (Å²) >= 11 is 0. The zero-order chi connectivity index (χ0) is 25.4. The summed E-state index contributed by atoms with van der Waals surface area (Å²) in [5.74, 6) is -4.44. The Kier molecular flexibility index (Phi) is 8.34. The maximum Gasteiger partial charge on any atom is 0.349 e. The van der Waals surface area contributed by atoms with Gasteiger partial charge in [-0.2, -0.15) is 0 Å². The first-order valence-corrected chi connectivity index (χ1v) is 10.8. The Bertz CT molecular complexity index is 1220. The molecule has 0 aromatic heterocycles. The highest BCUT2D eigenvalue weighted by molar-refractivity contribution is 5.96. The molecule has 8 heteroatoms. The van der Waals surface area contributed by atoms with Gasteiger partial charge in [0.15, 0.2) is 0 Å². The molecule has 2 N–H and O–H groups in total. The van der Waals surface area contributed by atoms with Gasteiger partial charge in [0, 0.05) is 6.54 Å². The number of hydrogen-bond donors (Lipinski definition) is 2. The van der Waals surface area contributed by atoms with Crippen molar-refractivity contribution in [2.24, 2.45) is 0 Å². The number of carboxylic acids is 1. The van der Waals surface area contributed by atoms with Crippen LogP contribution >= 0.6 is 0 Å². The molecule has 35 heavy (non-hydrogen) atoms. The van der Waals surface area contributed by atoms with E-state index >= 15 is 0 Å². The van der Waals surface area contributed by atoms with Crippen LogP contribution in [0.2, 0.25) is 0 Å². The van der Waals surface area contributed by atoms with Crippen molar-refractivity contribution in [3.63, 3.8) is 0 Å². The SMILES string of the molecule is Cc1cccc(C(=O)O[C@@H](C(=O)O)[C@@H](OC(=O)c2cccc(C)c2)C(=O)NCc2ccccc2)c1. The van der Waals surface area contributed by atoms with Crippen molar-refractivity contribution in [2.45, 2.75) is 32.6 Å². The summed E-state index contributed by atoms with van der Waals surface area (Å²) in [5, 5.41) is 12.4. The summed E-state index contributed by atoms with van der Waals surface area (Å²) in [5.41, 5.74) is 2.50. The number of ether oxygens (including phenoxy) is 2. The molecule has 0 heterocycles. The number of carbonyl (C=O) groups excluding carboxylic acids is 3. The molecule has 0 aliphatic heterocycles. The van der Waals surface area contributed by atoms with Gasteiger partial charge in [0.1, 0.15) is 0 Å². The molecule has 0 bridgehead atoms. The van der Waals surface area contributed by atoms with E-state index in [9.17, 15) is 24.3 Å². The number of hydrogen-bond acceptors (Lipinski definition) is 6. The second-order valence-electron chi connectivity index (χ2n) is 7.93. The van der Waals surface area contributed by atoms with Crippen molar-refractivity contribution in [1.29, 1.82) is 0 Å². The summed E-state index contributed by atoms with van der Waals surface area (Å²) < 4.78 is 10.5. The first-order chi connectivity index (χ1) is 16.7. The van der Waals surface area contributed by atoms with Crippen LogP contribution in [0.5, 0.6) is 0 Å². The Morgan fingerprint density at radius 1 is 0.743 bits per heavy atom. The lowest BCUT2D eigenvalue weighted by molar-refractivity contribution is -0.159. The molecule has 2 atom stereocenters. The van der Waals surface area contributed by atoms with Gasteiger partial charge < -0.3 is 19.9 Å². The lowest BCUT2D eigenvalue weighted by Crippen LogP contribution is -2.50. The van der Waals surface area contributed by atoms with Crippen molar-refractivity contribution in [2.75, 3.05) is 0 Å². The lowest BCUT2D eigenvalue weighted by atomic mass is 10.1. The largest absolute Gasteiger partial charge is 0.478 e. The van der Waals surface area contributed by atoms with Crippen LogP contribution in [0.1, 0.15) is 37.4 Å². The molecule has 0 fully saturated rings. The summed E-state index contributed by atoms with van der Waals surface area (Å²) in [7, 11) is 0. The Morgan fingerprint density at radius 3 is 1.74 bits per heavy atom. The van der Waals surface area contributed by atoms with Gasteiger partial charge in [0.05, 0.1) is 11.1 Å². The van der Waals surface area contributed by atoms with E-state index in [2.05, 4.69) is 5.32 Å². The minimum absolute atomic E-state index is 0.0519. The van der Waals surface area contributed by atoms with Crippen LogP contribution in [0.4, 0.5) is 0 Å². The second kappa shape index (κ2) is 11.6. The lowest BCUT2D eigenvalue weighted by Gasteiger charge is -2.23. The van der Waals surface area contributed by atoms with Crippen molar-refractivity contribution in [1.82, 2.24) is 5.32 Å². The van der Waals surface area contributed by atoms with Gasteiger partial charge in [-0.05, 0) is 43.7 Å². The predicted octanol–water partition coefficient (Wildman–Crippen LogP) is 3.46. The summed E-state index contributed by atoms with van der Waals surface area (Å²) in [6, 6.07) is 21.6. The van der Waals surface area contributed by atoms with Crippen molar-refractivity contribution >= 4 is 23.8 Å². The van der Waals surface area contributed by atoms with Crippen LogP contribution in [0.15, 0.2) is 78.9 Å². The Balaban J connectivity index is 1.86. The fourth-order valence-electron chi connectivity index (χ4n) is 3.29. The number of esters is 2. The fraction of sp³-hybridized carbons (Fsp3) is 0.185. The van der Waals surface area contributed by atoms with Gasteiger partial charge in [0.25, 0.3) is 5.91 Å². The number of amides is 1. The van der Waals surface area contributed by atoms with Crippen molar-refractivity contribution < 1.29 is 33.8 Å². The van der Waals surface area contributed by atoms with Crippen molar-refractivity contribution in [3.05, 3.63) is 107 Å². The van der Waals surface area contributed by atoms with Crippen LogP contribution in [-0.4, -0.2) is 41.1 Å². The number of nitrogens with one attached hydrogen (secondary N) is 1. The van der Waals surface area contributed by atoms with Gasteiger partial charge in [-0.3, -0.25) is 4.79 Å². The van der Waals surface area contributed by atoms with E-state index in [0.29, 0.717) is 0 Å². The predicted molar refractivity (Wildman–Crippen MR) is 127 cm³/mol. The molecule has 3 rings (SSSR count). The third-order valence-electron chi connectivity index (χ3n) is 5.06. The Morgan fingerprint density at radius 2 is 1.26 bits per heavy atom. The number of aliphatic carboxylic acids is 1. The Hall–Kier alpha value is -4.46. The molecule has 0 unspecified atom stereocenters. The first kappa shape index (κ1) is 25.2. The molecule has 8 nitrogen and oxygen atoms in total. The quantitative estimate of drug-likeness (QED) is 0.455. The molecule has 0 radical (unpaired) electrons. The number of aryl methyl sites for hydroxylation is 2. The summed E-state index contributed by atoms with van der Waals surface area (Å²) in [4.78, 5) is 50.5. The standard InChI is InChI=1S/C27H25NO7/c1-17-8-6-12-20(14-17)26(32)34-22(24(29)28-16-19-10-4-3-5-11-19)23(25(30)31)35-27(33)21-13-7-9-18(2)15-21/h3-15,22-23H,16H2,1-2H3,(H,28,29)(H,30,31)/t22-,23-/m1/s1. The fourth-order valence-corrected chi connectivity index (χ4v) is 3.29. The average molecular weight is 475 g/mol. The summed E-state index contributed by atoms with van der Waals surface area (Å²) in [6.45, 7) is 3.58. The van der Waals surface area contributed by atoms with E-state index in [0.717, 1.165) is 16.7 Å². The summed E-state index contributed by atoms with van der Waals surface area (Å²) in [6.07, 6.45) is -4.01. The van der Waals surface area contributed by atoms with Gasteiger partial charge >= 0.3 is 17.9 Å². The van der Waals surface area contributed by atoms with E-state index in [1.165, 1.54) is 24.3 Å². The van der Waals surface area contributed by atoms with Crippen LogP contribution in [0, 0.1) is 13.8 Å². The van der Waals surface area contributed by atoms with Crippen LogP contribution in [0.25, 0.3) is 0 Å². The normalized spacial score (nSPS) is 12.2. The highest BCUT2D eigenvalue weighted by atomic mass is 16.6. The zero-order valence-corrected chi connectivity index (χ0v) is 19.3. The molecule has 3 aromatic carbocycles. The average Bonchev–Trinajstić information content (AvgIpc) is 2.84. The number of rotatable bonds is 9. The van der Waals surface area contributed by atoms with E-state index in [1.807, 2.05) is 6.07 Å². The smallest absolute Gasteiger partial charge is 0.349 e. The third-order valence-corrected chi connectivity index (χ3v) is 5.06. The first-order valence-electron chi connectivity index (χ1n) is 10.8. The molecule has 3 aromatic rings. The highest BCUT2D eigenvalue weighted by Crippen LogP contribution is 2.15. The number of carbonyl (C=O) groups is 4. The van der Waals surface area contributed by atoms with Crippen LogP contribution in [-0.2, 0) is 25.6 Å². The van der Waals surface area contributed by atoms with E-state index in [1.54, 1.807) is 62.4 Å². The number of benzene rings is 3. The molecule has 0 aliphatic carbocycles. The maximum absolute atomic E-state index is 13.0. The molecule has 0 aliphatic rings. The molecular weight excluding hydrogens is 450 g/mol. The van der Waals surface area contributed by atoms with Crippen molar-refractivity contribution in [3.8, 4) is 0 Å². The third kappa shape index (κ3) is 7.01. The van der Waals surface area contributed by atoms with E-state index in [4.69, 9.17) is 9.47 Å². The zero-order valence-electron chi connectivity index (χ0n) is 19.3. The number of carboxylic acid groups (broad SMARTS) is 1. The Labute approximate surface area is 202 Å². The molecule has 180 valence electrons. The van der Waals surface area contributed by atoms with Gasteiger partial charge in [-0.15, -0.1) is 0 Å². The maximum atomic E-state index is 13.0. The van der Waals surface area contributed by atoms with E-state index < -0.39 is 36.0 Å². The van der Waals surface area contributed by atoms with Gasteiger partial charge in [-0.1, -0.05) is 65.7 Å². The molecule has 0 saturated heterocycles. The molecular formula is C27H25NO7. The molecule has 0 saturated carbocycles. The minimum atomic E-state index is -2.08. The second-order valence-corrected chi connectivity index (χ2v) is 7.93. The monoisotopic (exact) mass is 475 g/mol. The van der Waals surface area contributed by atoms with E-state index in [-0.39, 0.29) is 17.7 Å². The molecule has 1 amide bonds. The topological polar surface area (TPSA) is 119 Å². The van der Waals surface area contributed by atoms with Crippen LogP contribution < -0.4 is 5.32 Å². The van der Waals surface area contributed by atoms with Gasteiger partial charge in [-0.25, -0.2) is 14.4 Å². The van der Waals surface area contributed by atoms with Gasteiger partial charge in [0.2, 0.25) is 12.2 Å². The minimum Gasteiger partial charge on any atom is -0.478 e. The highest BCUT2D eigenvalue weighted by Gasteiger charge is 2.40. The molecule has 0 spiro atoms.